The predicted octanol–water partition coefficient (Wildman–Crippen LogP) is 2.12. The summed E-state index contributed by atoms with van der Waals surface area (Å²) in [7, 11) is 1.65. The number of aromatic nitrogens is 2. The zero-order valence-electron chi connectivity index (χ0n) is 14.5. The van der Waals surface area contributed by atoms with E-state index in [0.29, 0.717) is 25.4 Å². The van der Waals surface area contributed by atoms with Gasteiger partial charge in [-0.25, -0.2) is 0 Å². The van der Waals surface area contributed by atoms with Gasteiger partial charge in [0.25, 0.3) is 0 Å². The predicted molar refractivity (Wildman–Crippen MR) is 100 cm³/mol. The maximum Gasteiger partial charge on any atom is 0.233 e. The molecule has 2 aromatic rings. The molecule has 1 amide bonds. The minimum Gasteiger partial charge on any atom is -0.454 e. The highest BCUT2D eigenvalue weighted by molar-refractivity contribution is 8.02. The van der Waals surface area contributed by atoms with Gasteiger partial charge >= 0.3 is 0 Å². The Labute approximate surface area is 159 Å². The number of nitrogens with one attached hydrogen (secondary N) is 2. The number of thioether (sulfide) groups is 1. The van der Waals surface area contributed by atoms with Crippen molar-refractivity contribution in [2.24, 2.45) is 0 Å². The lowest BCUT2D eigenvalue weighted by molar-refractivity contribution is -0.120. The minimum absolute atomic E-state index is 0.0586. The van der Waals surface area contributed by atoms with E-state index in [-0.39, 0.29) is 18.0 Å². The quantitative estimate of drug-likeness (QED) is 0.492. The van der Waals surface area contributed by atoms with Gasteiger partial charge in [-0.05, 0) is 24.6 Å². The molecular formula is C16H20N4O4S2. The van der Waals surface area contributed by atoms with Crippen molar-refractivity contribution in [1.29, 1.82) is 0 Å². The van der Waals surface area contributed by atoms with Crippen LogP contribution < -0.4 is 20.1 Å². The van der Waals surface area contributed by atoms with Crippen molar-refractivity contribution in [3.05, 3.63) is 23.8 Å². The van der Waals surface area contributed by atoms with Crippen molar-refractivity contribution in [1.82, 2.24) is 15.5 Å². The number of ether oxygens (including phenoxy) is 3. The molecule has 1 unspecified atom stereocenters. The van der Waals surface area contributed by atoms with E-state index >= 15 is 0 Å². The van der Waals surface area contributed by atoms with E-state index in [1.54, 1.807) is 7.11 Å². The Morgan fingerprint density at radius 3 is 3.08 bits per heavy atom. The number of fused-ring (bicyclic) bond motifs is 1. The lowest BCUT2D eigenvalue weighted by atomic mass is 10.2. The van der Waals surface area contributed by atoms with Crippen molar-refractivity contribution in [2.45, 2.75) is 23.1 Å². The molecule has 8 nitrogen and oxygen atoms in total. The van der Waals surface area contributed by atoms with Gasteiger partial charge in [-0.2, -0.15) is 0 Å². The number of amides is 1. The SMILES string of the molecule is COCCNc1nnc(SC(C)C(=O)NCc2ccc3c(c2)OCO3)s1. The number of rotatable bonds is 9. The van der Waals surface area contributed by atoms with Gasteiger partial charge in [-0.15, -0.1) is 10.2 Å². The number of hydrogen-bond donors (Lipinski definition) is 2. The van der Waals surface area contributed by atoms with Crippen LogP contribution in [0, 0.1) is 0 Å². The van der Waals surface area contributed by atoms with Crippen LogP contribution in [0.1, 0.15) is 12.5 Å². The van der Waals surface area contributed by atoms with E-state index < -0.39 is 0 Å². The van der Waals surface area contributed by atoms with Crippen LogP contribution in [0.3, 0.4) is 0 Å². The summed E-state index contributed by atoms with van der Waals surface area (Å²) in [5, 5.41) is 14.6. The fourth-order valence-electron chi connectivity index (χ4n) is 2.18. The van der Waals surface area contributed by atoms with Crippen LogP contribution in [-0.4, -0.2) is 48.4 Å². The van der Waals surface area contributed by atoms with Gasteiger partial charge < -0.3 is 24.8 Å². The molecule has 0 saturated heterocycles. The van der Waals surface area contributed by atoms with Crippen molar-refractivity contribution >= 4 is 34.1 Å². The first-order chi connectivity index (χ1) is 12.7. The van der Waals surface area contributed by atoms with Crippen molar-refractivity contribution in [2.75, 3.05) is 32.4 Å². The Morgan fingerprint density at radius 1 is 1.38 bits per heavy atom. The molecule has 0 radical (unpaired) electrons. The number of carbonyl (C=O) groups is 1. The van der Waals surface area contributed by atoms with Crippen LogP contribution in [0.4, 0.5) is 5.13 Å². The van der Waals surface area contributed by atoms with Crippen LogP contribution >= 0.6 is 23.1 Å². The van der Waals surface area contributed by atoms with Gasteiger partial charge in [0.15, 0.2) is 15.8 Å². The van der Waals surface area contributed by atoms with Crippen LogP contribution in [0.25, 0.3) is 0 Å². The Balaban J connectivity index is 1.45. The zero-order chi connectivity index (χ0) is 18.4. The molecule has 140 valence electrons. The fraction of sp³-hybridized carbons (Fsp3) is 0.438. The van der Waals surface area contributed by atoms with Crippen molar-refractivity contribution in [3.8, 4) is 11.5 Å². The molecule has 10 heteroatoms. The summed E-state index contributed by atoms with van der Waals surface area (Å²) in [6, 6.07) is 5.64. The van der Waals surface area contributed by atoms with E-state index in [2.05, 4.69) is 20.8 Å². The summed E-state index contributed by atoms with van der Waals surface area (Å²) >= 11 is 2.80. The second-order valence-corrected chi connectivity index (χ2v) is 8.02. The number of methoxy groups -OCH3 is 1. The van der Waals surface area contributed by atoms with Crippen molar-refractivity contribution < 1.29 is 19.0 Å². The minimum atomic E-state index is -0.274. The molecule has 2 heterocycles. The molecule has 1 aliphatic heterocycles. The summed E-state index contributed by atoms with van der Waals surface area (Å²) in [5.41, 5.74) is 0.959. The van der Waals surface area contributed by atoms with E-state index in [9.17, 15) is 4.79 Å². The Morgan fingerprint density at radius 2 is 2.23 bits per heavy atom. The highest BCUT2D eigenvalue weighted by Gasteiger charge is 2.18. The number of carbonyl (C=O) groups excluding carboxylic acids is 1. The molecule has 0 aliphatic carbocycles. The molecule has 1 aromatic carbocycles. The maximum atomic E-state index is 12.3. The molecule has 0 saturated carbocycles. The van der Waals surface area contributed by atoms with E-state index in [1.165, 1.54) is 23.1 Å². The third-order valence-corrected chi connectivity index (χ3v) is 5.60. The van der Waals surface area contributed by atoms with Crippen molar-refractivity contribution in [3.63, 3.8) is 0 Å². The van der Waals surface area contributed by atoms with Crippen LogP contribution in [0.5, 0.6) is 11.5 Å². The number of benzene rings is 1. The molecule has 2 N–H and O–H groups in total. The number of anilines is 1. The first-order valence-corrected chi connectivity index (χ1v) is 9.74. The summed E-state index contributed by atoms with van der Waals surface area (Å²) in [5.74, 6) is 1.38. The number of nitrogens with zero attached hydrogens (tertiary/aromatic N) is 2. The van der Waals surface area contributed by atoms with E-state index in [4.69, 9.17) is 14.2 Å². The average Bonchev–Trinajstić information content (AvgIpc) is 3.28. The van der Waals surface area contributed by atoms with Gasteiger partial charge in [0.05, 0.1) is 11.9 Å². The second kappa shape index (κ2) is 9.06. The first-order valence-electron chi connectivity index (χ1n) is 8.05. The Kier molecular flexibility index (Phi) is 6.53. The molecule has 3 rings (SSSR count). The van der Waals surface area contributed by atoms with Gasteiger partial charge in [-0.1, -0.05) is 29.2 Å². The van der Waals surface area contributed by atoms with Crippen LogP contribution in [-0.2, 0) is 16.1 Å². The Bertz CT molecular complexity index is 756. The van der Waals surface area contributed by atoms with E-state index in [0.717, 1.165) is 20.8 Å². The standard InChI is InChI=1S/C16H20N4O4S2/c1-10(25-16-20-19-15(26-16)17-5-6-22-2)14(21)18-8-11-3-4-12-13(7-11)24-9-23-12/h3-4,7,10H,5-6,8-9H2,1-2H3,(H,17,19)(H,18,21). The van der Waals surface area contributed by atoms with Gasteiger partial charge in [0.2, 0.25) is 17.8 Å². The molecule has 26 heavy (non-hydrogen) atoms. The normalized spacial score (nSPS) is 13.5. The molecule has 1 aromatic heterocycles. The average molecular weight is 396 g/mol. The zero-order valence-corrected chi connectivity index (χ0v) is 16.1. The fourth-order valence-corrected chi connectivity index (χ4v) is 4.12. The molecular weight excluding hydrogens is 376 g/mol. The second-order valence-electron chi connectivity index (χ2n) is 5.46. The Hall–Kier alpha value is -2.04. The molecule has 0 bridgehead atoms. The monoisotopic (exact) mass is 396 g/mol. The number of hydrogen-bond acceptors (Lipinski definition) is 9. The lowest BCUT2D eigenvalue weighted by Gasteiger charge is -2.10. The highest BCUT2D eigenvalue weighted by Crippen LogP contribution is 2.32. The summed E-state index contributed by atoms with van der Waals surface area (Å²) < 4.78 is 16.3. The highest BCUT2D eigenvalue weighted by atomic mass is 32.2. The van der Waals surface area contributed by atoms with Crippen LogP contribution in [0.15, 0.2) is 22.5 Å². The molecule has 0 fully saturated rings. The molecule has 1 aliphatic rings. The van der Waals surface area contributed by atoms with Crippen LogP contribution in [0.2, 0.25) is 0 Å². The third-order valence-electron chi connectivity index (χ3n) is 3.54. The summed E-state index contributed by atoms with van der Waals surface area (Å²) in [6.45, 7) is 3.78. The summed E-state index contributed by atoms with van der Waals surface area (Å²) in [6.07, 6.45) is 0. The smallest absolute Gasteiger partial charge is 0.233 e. The third kappa shape index (κ3) is 4.99. The molecule has 0 spiro atoms. The lowest BCUT2D eigenvalue weighted by Crippen LogP contribution is -2.30. The van der Waals surface area contributed by atoms with Gasteiger partial charge in [-0.3, -0.25) is 4.79 Å². The topological polar surface area (TPSA) is 94.6 Å². The maximum absolute atomic E-state index is 12.3. The molecule has 1 atom stereocenters. The largest absolute Gasteiger partial charge is 0.454 e. The first kappa shape index (κ1) is 18.7. The van der Waals surface area contributed by atoms with Gasteiger partial charge in [0, 0.05) is 20.2 Å². The summed E-state index contributed by atoms with van der Waals surface area (Å²) in [4.78, 5) is 12.3. The van der Waals surface area contributed by atoms with E-state index in [1.807, 2.05) is 25.1 Å². The van der Waals surface area contributed by atoms with Gasteiger partial charge in [0.1, 0.15) is 0 Å².